The Morgan fingerprint density at radius 1 is 1.36 bits per heavy atom. The molecule has 14 heavy (non-hydrogen) atoms. The number of fused-ring (bicyclic) bond motifs is 5. The summed E-state index contributed by atoms with van der Waals surface area (Å²) in [6.45, 7) is 2.19. The van der Waals surface area contributed by atoms with Crippen LogP contribution in [-0.2, 0) is 12.5 Å². The molecule has 2 aliphatic carbocycles. The van der Waals surface area contributed by atoms with Crippen molar-refractivity contribution in [3.05, 3.63) is 11.1 Å². The normalized spacial score (nSPS) is 33.7. The molecule has 3 rings (SSSR count). The Hall–Kier alpha value is -1.12. The van der Waals surface area contributed by atoms with Crippen molar-refractivity contribution in [3.63, 3.8) is 0 Å². The van der Waals surface area contributed by atoms with Crippen LogP contribution in [0.4, 0.5) is 0 Å². The smallest absolute Gasteiger partial charge is 0.197 e. The van der Waals surface area contributed by atoms with Crippen LogP contribution >= 0.6 is 0 Å². The second-order valence-electron chi connectivity index (χ2n) is 5.00. The second-order valence-corrected chi connectivity index (χ2v) is 5.00. The Bertz CT molecular complexity index is 421. The zero-order valence-corrected chi connectivity index (χ0v) is 8.54. The standard InChI is InChI=1S/C11H15NO2/c1-11-4-3-6(5-11)7-8(11)10(14)12(2)9(7)13/h6,13-14H,3-5H2,1-2H3. The minimum Gasteiger partial charge on any atom is -0.494 e. The Labute approximate surface area is 83.0 Å². The van der Waals surface area contributed by atoms with Crippen LogP contribution in [0.5, 0.6) is 11.8 Å². The summed E-state index contributed by atoms with van der Waals surface area (Å²) in [5, 5.41) is 19.8. The highest BCUT2D eigenvalue weighted by molar-refractivity contribution is 5.57. The second kappa shape index (κ2) is 2.10. The Kier molecular flexibility index (Phi) is 1.23. The van der Waals surface area contributed by atoms with E-state index in [1.54, 1.807) is 7.05 Å². The molecule has 0 radical (unpaired) electrons. The SMILES string of the molecule is Cn1c(O)c2c(c1O)C1(C)CCC2C1. The molecule has 2 atom stereocenters. The first-order chi connectivity index (χ1) is 6.54. The quantitative estimate of drug-likeness (QED) is 0.661. The van der Waals surface area contributed by atoms with Crippen LogP contribution in [0.2, 0.25) is 0 Å². The minimum absolute atomic E-state index is 0.114. The molecule has 0 saturated heterocycles. The van der Waals surface area contributed by atoms with Crippen molar-refractivity contribution >= 4 is 0 Å². The van der Waals surface area contributed by atoms with Gasteiger partial charge in [-0.15, -0.1) is 0 Å². The molecule has 0 amide bonds. The third kappa shape index (κ3) is 0.668. The summed E-state index contributed by atoms with van der Waals surface area (Å²) in [6.07, 6.45) is 3.39. The number of aromatic nitrogens is 1. The van der Waals surface area contributed by atoms with Crippen LogP contribution in [0, 0.1) is 0 Å². The lowest BCUT2D eigenvalue weighted by Crippen LogP contribution is -2.14. The van der Waals surface area contributed by atoms with Gasteiger partial charge in [-0.3, -0.25) is 4.57 Å². The van der Waals surface area contributed by atoms with Gasteiger partial charge in [-0.25, -0.2) is 0 Å². The molecular weight excluding hydrogens is 178 g/mol. The summed E-state index contributed by atoms with van der Waals surface area (Å²) < 4.78 is 1.50. The van der Waals surface area contributed by atoms with Crippen molar-refractivity contribution in [1.82, 2.24) is 4.57 Å². The molecule has 2 aliphatic rings. The fourth-order valence-corrected chi connectivity index (χ4v) is 3.38. The number of hydrogen-bond donors (Lipinski definition) is 2. The first-order valence-corrected chi connectivity index (χ1v) is 5.15. The zero-order valence-electron chi connectivity index (χ0n) is 8.54. The largest absolute Gasteiger partial charge is 0.494 e. The van der Waals surface area contributed by atoms with E-state index in [9.17, 15) is 10.2 Å². The molecule has 0 spiro atoms. The summed E-state index contributed by atoms with van der Waals surface area (Å²) in [5.41, 5.74) is 2.13. The lowest BCUT2D eigenvalue weighted by molar-refractivity contribution is 0.371. The van der Waals surface area contributed by atoms with Crippen molar-refractivity contribution < 1.29 is 10.2 Å². The van der Waals surface area contributed by atoms with Crippen molar-refractivity contribution in [3.8, 4) is 11.8 Å². The van der Waals surface area contributed by atoms with Crippen molar-refractivity contribution in [2.24, 2.45) is 7.05 Å². The Balaban J connectivity index is 2.35. The van der Waals surface area contributed by atoms with Gasteiger partial charge in [0.25, 0.3) is 0 Å². The number of hydrogen-bond acceptors (Lipinski definition) is 2. The van der Waals surface area contributed by atoms with Gasteiger partial charge in [-0.1, -0.05) is 6.92 Å². The van der Waals surface area contributed by atoms with Gasteiger partial charge < -0.3 is 10.2 Å². The maximum Gasteiger partial charge on any atom is 0.197 e. The summed E-state index contributed by atoms with van der Waals surface area (Å²) in [4.78, 5) is 0. The van der Waals surface area contributed by atoms with Crippen LogP contribution in [-0.4, -0.2) is 14.8 Å². The summed E-state index contributed by atoms with van der Waals surface area (Å²) >= 11 is 0. The van der Waals surface area contributed by atoms with Gasteiger partial charge in [0.2, 0.25) is 0 Å². The van der Waals surface area contributed by atoms with Crippen molar-refractivity contribution in [1.29, 1.82) is 0 Å². The van der Waals surface area contributed by atoms with E-state index in [0.29, 0.717) is 5.92 Å². The van der Waals surface area contributed by atoms with E-state index in [1.807, 2.05) is 0 Å². The maximum atomic E-state index is 9.93. The van der Waals surface area contributed by atoms with Crippen molar-refractivity contribution in [2.45, 2.75) is 37.5 Å². The first kappa shape index (κ1) is 8.21. The monoisotopic (exact) mass is 193 g/mol. The fraction of sp³-hybridized carbons (Fsp3) is 0.636. The number of aromatic hydroxyl groups is 2. The average molecular weight is 193 g/mol. The van der Waals surface area contributed by atoms with Gasteiger partial charge in [-0.2, -0.15) is 0 Å². The zero-order chi connectivity index (χ0) is 10.1. The highest BCUT2D eigenvalue weighted by Crippen LogP contribution is 2.62. The predicted octanol–water partition coefficient (Wildman–Crippen LogP) is 1.98. The molecular formula is C11H15NO2. The number of nitrogens with zero attached hydrogens (tertiary/aromatic N) is 1. The highest BCUT2D eigenvalue weighted by Gasteiger charge is 2.51. The van der Waals surface area contributed by atoms with Gasteiger partial charge in [0, 0.05) is 18.2 Å². The predicted molar refractivity (Wildman–Crippen MR) is 52.7 cm³/mol. The maximum absolute atomic E-state index is 9.93. The molecule has 3 nitrogen and oxygen atoms in total. The Morgan fingerprint density at radius 3 is 2.71 bits per heavy atom. The number of rotatable bonds is 0. The van der Waals surface area contributed by atoms with Crippen molar-refractivity contribution in [2.75, 3.05) is 0 Å². The third-order valence-corrected chi connectivity index (χ3v) is 4.12. The molecule has 0 aromatic carbocycles. The fourth-order valence-electron chi connectivity index (χ4n) is 3.38. The van der Waals surface area contributed by atoms with Gasteiger partial charge in [0.15, 0.2) is 11.8 Å². The summed E-state index contributed by atoms with van der Waals surface area (Å²) in [5.74, 6) is 1.01. The van der Waals surface area contributed by atoms with Gasteiger partial charge in [0.1, 0.15) is 0 Å². The van der Waals surface area contributed by atoms with E-state index in [1.165, 1.54) is 4.57 Å². The topological polar surface area (TPSA) is 45.4 Å². The molecule has 3 heteroatoms. The van der Waals surface area contributed by atoms with Crippen LogP contribution < -0.4 is 0 Å². The molecule has 76 valence electrons. The molecule has 1 heterocycles. The van der Waals surface area contributed by atoms with Gasteiger partial charge in [0.05, 0.1) is 0 Å². The Morgan fingerprint density at radius 2 is 2.07 bits per heavy atom. The molecule has 2 bridgehead atoms. The lowest BCUT2D eigenvalue weighted by Gasteiger charge is -2.21. The molecule has 2 unspecified atom stereocenters. The van der Waals surface area contributed by atoms with E-state index < -0.39 is 0 Å². The molecule has 1 aromatic heterocycles. The van der Waals surface area contributed by atoms with E-state index >= 15 is 0 Å². The van der Waals surface area contributed by atoms with Crippen LogP contribution in [0.3, 0.4) is 0 Å². The average Bonchev–Trinajstić information content (AvgIpc) is 2.72. The van der Waals surface area contributed by atoms with Gasteiger partial charge in [-0.05, 0) is 30.6 Å². The molecule has 0 aliphatic heterocycles. The van der Waals surface area contributed by atoms with E-state index in [-0.39, 0.29) is 17.2 Å². The summed E-state index contributed by atoms with van der Waals surface area (Å²) in [7, 11) is 1.71. The first-order valence-electron chi connectivity index (χ1n) is 5.15. The highest BCUT2D eigenvalue weighted by atomic mass is 16.3. The van der Waals surface area contributed by atoms with Gasteiger partial charge >= 0.3 is 0 Å². The third-order valence-electron chi connectivity index (χ3n) is 4.12. The molecule has 2 N–H and O–H groups in total. The lowest BCUT2D eigenvalue weighted by atomic mass is 9.83. The van der Waals surface area contributed by atoms with Crippen LogP contribution in [0.15, 0.2) is 0 Å². The molecule has 1 fully saturated rings. The van der Waals surface area contributed by atoms with E-state index in [2.05, 4.69) is 6.92 Å². The molecule has 1 aromatic rings. The molecule has 1 saturated carbocycles. The van der Waals surface area contributed by atoms with Crippen LogP contribution in [0.25, 0.3) is 0 Å². The van der Waals surface area contributed by atoms with E-state index in [4.69, 9.17) is 0 Å². The van der Waals surface area contributed by atoms with Crippen LogP contribution in [0.1, 0.15) is 43.2 Å². The minimum atomic E-state index is 0.114. The van der Waals surface area contributed by atoms with E-state index in [0.717, 1.165) is 30.4 Å². The summed E-state index contributed by atoms with van der Waals surface area (Å²) in [6, 6.07) is 0.